The molecule has 0 bridgehead atoms. The number of carboxylic acid groups (broad SMARTS) is 2. The molecule has 6 heteroatoms. The third-order valence-corrected chi connectivity index (χ3v) is 5.75. The van der Waals surface area contributed by atoms with Gasteiger partial charge in [0.2, 0.25) is 0 Å². The minimum Gasteiger partial charge on any atom is -0.480 e. The predicted molar refractivity (Wildman–Crippen MR) is 103 cm³/mol. The number of alkyl halides is 2. The summed E-state index contributed by atoms with van der Waals surface area (Å²) < 4.78 is 0. The molecule has 26 heavy (non-hydrogen) atoms. The standard InChI is InChI=1S/C20H24Cl2O4/c21-13-5-3-9-19(17(23)24)11-12-20(18(25)26,10-4-6-14-22)16-8-2-1-7-15(16)19/h1-2,7-8,11-12H,3-6,9-10,13-14H2,(H,23,24)(H,25,26)/t19-,20+. The van der Waals surface area contributed by atoms with Crippen molar-refractivity contribution in [1.29, 1.82) is 0 Å². The number of carboxylic acids is 2. The minimum absolute atomic E-state index is 0.389. The maximum Gasteiger partial charge on any atom is 0.318 e. The molecule has 0 aliphatic heterocycles. The smallest absolute Gasteiger partial charge is 0.318 e. The second kappa shape index (κ2) is 8.92. The van der Waals surface area contributed by atoms with Gasteiger partial charge in [-0.05, 0) is 36.8 Å². The second-order valence-corrected chi connectivity index (χ2v) is 7.48. The highest BCUT2D eigenvalue weighted by Gasteiger charge is 2.49. The topological polar surface area (TPSA) is 74.6 Å². The van der Waals surface area contributed by atoms with Crippen LogP contribution in [-0.4, -0.2) is 33.9 Å². The Hall–Kier alpha value is -1.52. The number of hydrogen-bond donors (Lipinski definition) is 2. The molecule has 0 aromatic heterocycles. The van der Waals surface area contributed by atoms with Crippen LogP contribution in [0.25, 0.3) is 0 Å². The fourth-order valence-corrected chi connectivity index (χ4v) is 4.12. The number of carbonyl (C=O) groups is 2. The molecule has 0 spiro atoms. The van der Waals surface area contributed by atoms with Crippen LogP contribution in [0.15, 0.2) is 36.4 Å². The first-order valence-electron chi connectivity index (χ1n) is 8.84. The summed E-state index contributed by atoms with van der Waals surface area (Å²) in [5.74, 6) is -0.983. The number of fused-ring (bicyclic) bond motifs is 1. The summed E-state index contributed by atoms with van der Waals surface area (Å²) in [7, 11) is 0. The van der Waals surface area contributed by atoms with Crippen LogP contribution < -0.4 is 0 Å². The third-order valence-electron chi connectivity index (χ3n) is 5.21. The molecule has 2 atom stereocenters. The van der Waals surface area contributed by atoms with E-state index < -0.39 is 22.8 Å². The summed E-state index contributed by atoms with van der Waals surface area (Å²) in [4.78, 5) is 24.5. The predicted octanol–water partition coefficient (Wildman–Crippen LogP) is 4.72. The van der Waals surface area contributed by atoms with Gasteiger partial charge in [0.15, 0.2) is 0 Å². The zero-order valence-corrected chi connectivity index (χ0v) is 16.1. The minimum atomic E-state index is -1.21. The summed E-state index contributed by atoms with van der Waals surface area (Å²) in [6.45, 7) is 0. The zero-order chi connectivity index (χ0) is 19.2. The summed E-state index contributed by atoms with van der Waals surface area (Å²) in [6.07, 6.45) is 6.68. The maximum atomic E-state index is 12.2. The molecule has 2 rings (SSSR count). The summed E-state index contributed by atoms with van der Waals surface area (Å²) >= 11 is 11.5. The molecule has 0 unspecified atom stereocenters. The molecule has 0 fully saturated rings. The van der Waals surface area contributed by atoms with E-state index >= 15 is 0 Å². The van der Waals surface area contributed by atoms with Gasteiger partial charge in [0.1, 0.15) is 10.8 Å². The molecule has 0 heterocycles. The number of benzene rings is 1. The molecular weight excluding hydrogens is 375 g/mol. The van der Waals surface area contributed by atoms with Gasteiger partial charge in [0, 0.05) is 11.8 Å². The number of hydrogen-bond acceptors (Lipinski definition) is 2. The molecule has 4 nitrogen and oxygen atoms in total. The van der Waals surface area contributed by atoms with Crippen molar-refractivity contribution in [3.05, 3.63) is 47.5 Å². The highest BCUT2D eigenvalue weighted by atomic mass is 35.5. The lowest BCUT2D eigenvalue weighted by Gasteiger charge is -2.39. The molecule has 2 N–H and O–H groups in total. The molecule has 1 aromatic carbocycles. The van der Waals surface area contributed by atoms with Crippen molar-refractivity contribution in [3.8, 4) is 0 Å². The van der Waals surface area contributed by atoms with Gasteiger partial charge in [-0.15, -0.1) is 23.2 Å². The van der Waals surface area contributed by atoms with Crippen LogP contribution in [-0.2, 0) is 20.4 Å². The van der Waals surface area contributed by atoms with E-state index in [4.69, 9.17) is 23.2 Å². The van der Waals surface area contributed by atoms with Gasteiger partial charge >= 0.3 is 11.9 Å². The highest BCUT2D eigenvalue weighted by molar-refractivity contribution is 6.18. The molecule has 0 radical (unpaired) electrons. The van der Waals surface area contributed by atoms with Crippen LogP contribution in [0, 0.1) is 0 Å². The Morgan fingerprint density at radius 2 is 1.15 bits per heavy atom. The van der Waals surface area contributed by atoms with Gasteiger partial charge in [0.05, 0.1) is 0 Å². The number of halogens is 2. The van der Waals surface area contributed by atoms with Crippen molar-refractivity contribution in [1.82, 2.24) is 0 Å². The van der Waals surface area contributed by atoms with Crippen LogP contribution in [0.2, 0.25) is 0 Å². The van der Waals surface area contributed by atoms with E-state index in [9.17, 15) is 19.8 Å². The maximum absolute atomic E-state index is 12.2. The third kappa shape index (κ3) is 3.77. The van der Waals surface area contributed by atoms with Gasteiger partial charge in [-0.2, -0.15) is 0 Å². The Morgan fingerprint density at radius 1 is 0.769 bits per heavy atom. The van der Waals surface area contributed by atoms with Gasteiger partial charge in [-0.25, -0.2) is 0 Å². The van der Waals surface area contributed by atoms with E-state index in [0.29, 0.717) is 61.4 Å². The SMILES string of the molecule is O=C(O)[C@@]1(CCCCCl)C=C[C@@](CCCCCl)(C(=O)O)c2ccccc21. The van der Waals surface area contributed by atoms with E-state index in [-0.39, 0.29) is 0 Å². The highest BCUT2D eigenvalue weighted by Crippen LogP contribution is 2.46. The number of aliphatic carboxylic acids is 2. The first-order valence-corrected chi connectivity index (χ1v) is 9.90. The molecule has 0 amide bonds. The molecule has 1 aliphatic carbocycles. The second-order valence-electron chi connectivity index (χ2n) is 6.72. The molecule has 0 saturated heterocycles. The average Bonchev–Trinajstić information content (AvgIpc) is 2.63. The number of unbranched alkanes of at least 4 members (excludes halogenated alkanes) is 2. The first-order chi connectivity index (χ1) is 12.4. The lowest BCUT2D eigenvalue weighted by atomic mass is 9.62. The van der Waals surface area contributed by atoms with Gasteiger partial charge in [-0.1, -0.05) is 49.3 Å². The zero-order valence-electron chi connectivity index (χ0n) is 14.6. The van der Waals surface area contributed by atoms with Crippen LogP contribution in [0.5, 0.6) is 0 Å². The Balaban J connectivity index is 2.55. The summed E-state index contributed by atoms with van der Waals surface area (Å²) in [5.41, 5.74) is -1.29. The van der Waals surface area contributed by atoms with Crippen molar-refractivity contribution in [2.75, 3.05) is 11.8 Å². The summed E-state index contributed by atoms with van der Waals surface area (Å²) in [6, 6.07) is 7.02. The Bertz CT molecular complexity index is 631. The van der Waals surface area contributed by atoms with Crippen molar-refractivity contribution in [2.45, 2.75) is 49.4 Å². The Morgan fingerprint density at radius 3 is 1.46 bits per heavy atom. The average molecular weight is 399 g/mol. The monoisotopic (exact) mass is 398 g/mol. The van der Waals surface area contributed by atoms with Gasteiger partial charge in [-0.3, -0.25) is 9.59 Å². The van der Waals surface area contributed by atoms with Crippen LogP contribution >= 0.6 is 23.2 Å². The van der Waals surface area contributed by atoms with Crippen molar-refractivity contribution in [3.63, 3.8) is 0 Å². The number of rotatable bonds is 10. The van der Waals surface area contributed by atoms with Crippen molar-refractivity contribution >= 4 is 35.1 Å². The van der Waals surface area contributed by atoms with Crippen molar-refractivity contribution < 1.29 is 19.8 Å². The fourth-order valence-electron chi connectivity index (χ4n) is 3.74. The van der Waals surface area contributed by atoms with E-state index in [0.717, 1.165) is 0 Å². The van der Waals surface area contributed by atoms with Crippen LogP contribution in [0.1, 0.15) is 49.7 Å². The van der Waals surface area contributed by atoms with Crippen molar-refractivity contribution in [2.24, 2.45) is 0 Å². The van der Waals surface area contributed by atoms with Gasteiger partial charge < -0.3 is 10.2 Å². The van der Waals surface area contributed by atoms with E-state index in [1.54, 1.807) is 36.4 Å². The first kappa shape index (κ1) is 20.8. The molecule has 0 saturated carbocycles. The van der Waals surface area contributed by atoms with E-state index in [1.165, 1.54) is 0 Å². The fraction of sp³-hybridized carbons (Fsp3) is 0.500. The lowest BCUT2D eigenvalue weighted by Crippen LogP contribution is -2.45. The van der Waals surface area contributed by atoms with E-state index in [2.05, 4.69) is 0 Å². The Labute approximate surface area is 163 Å². The quantitative estimate of drug-likeness (QED) is 0.339. The lowest BCUT2D eigenvalue weighted by molar-refractivity contribution is -0.145. The van der Waals surface area contributed by atoms with Gasteiger partial charge in [0.25, 0.3) is 0 Å². The molecule has 1 aliphatic rings. The van der Waals surface area contributed by atoms with Crippen LogP contribution in [0.4, 0.5) is 0 Å². The normalized spacial score (nSPS) is 24.2. The molecule has 142 valence electrons. The van der Waals surface area contributed by atoms with Crippen LogP contribution in [0.3, 0.4) is 0 Å². The molecular formula is C20H24Cl2O4. The Kier molecular flexibility index (Phi) is 7.13. The van der Waals surface area contributed by atoms with E-state index in [1.807, 2.05) is 0 Å². The molecule has 1 aromatic rings. The largest absolute Gasteiger partial charge is 0.480 e. The summed E-state index contributed by atoms with van der Waals surface area (Å²) in [5, 5.41) is 20.0.